The number of amides is 2. The number of rotatable bonds is 20. The summed E-state index contributed by atoms with van der Waals surface area (Å²) in [5.74, 6) is 0.0730. The molecule has 180 valence electrons. The topological polar surface area (TPSA) is 37.4 Å². The van der Waals surface area contributed by atoms with E-state index in [2.05, 4.69) is 26.8 Å². The molecule has 2 amide bonds. The summed E-state index contributed by atoms with van der Waals surface area (Å²) in [6, 6.07) is -0.00312. The van der Waals surface area contributed by atoms with E-state index in [-0.39, 0.29) is 17.9 Å². The molecule has 0 aromatic carbocycles. The maximum atomic E-state index is 12.4. The van der Waals surface area contributed by atoms with Gasteiger partial charge < -0.3 is 0 Å². The Morgan fingerprint density at radius 3 is 1.61 bits per heavy atom. The van der Waals surface area contributed by atoms with Gasteiger partial charge in [-0.2, -0.15) is 0 Å². The smallest absolute Gasteiger partial charge is 0.230 e. The van der Waals surface area contributed by atoms with Gasteiger partial charge in [0, 0.05) is 12.8 Å². The van der Waals surface area contributed by atoms with Crippen molar-refractivity contribution in [2.75, 3.05) is 0 Å². The molecule has 1 rings (SSSR count). The fourth-order valence-corrected chi connectivity index (χ4v) is 4.72. The van der Waals surface area contributed by atoms with Crippen molar-refractivity contribution in [3.63, 3.8) is 0 Å². The Labute approximate surface area is 193 Å². The molecule has 0 aromatic heterocycles. The highest BCUT2D eigenvalue weighted by molar-refractivity contribution is 6.02. The largest absolute Gasteiger partial charge is 0.275 e. The van der Waals surface area contributed by atoms with Crippen LogP contribution in [0.1, 0.15) is 149 Å². The Balaban J connectivity index is 2.37. The molecule has 0 spiro atoms. The van der Waals surface area contributed by atoms with Crippen LogP contribution >= 0.6 is 0 Å². The Hall–Kier alpha value is -1.12. The summed E-state index contributed by atoms with van der Waals surface area (Å²) in [7, 11) is 0. The van der Waals surface area contributed by atoms with Gasteiger partial charge in [0.25, 0.3) is 0 Å². The molecule has 0 bridgehead atoms. The fourth-order valence-electron chi connectivity index (χ4n) is 4.72. The number of carbonyl (C=O) groups is 2. The third-order valence-electron chi connectivity index (χ3n) is 6.78. The minimum Gasteiger partial charge on any atom is -0.275 e. The van der Waals surface area contributed by atoms with E-state index in [1.54, 1.807) is 4.90 Å². The number of hydrogen-bond acceptors (Lipinski definition) is 2. The summed E-state index contributed by atoms with van der Waals surface area (Å²) in [4.78, 5) is 26.3. The zero-order chi connectivity index (χ0) is 22.7. The Kier molecular flexibility index (Phi) is 16.6. The lowest BCUT2D eigenvalue weighted by atomic mass is 9.97. The molecule has 0 aliphatic carbocycles. The average Bonchev–Trinajstić information content (AvgIpc) is 3.09. The third-order valence-corrected chi connectivity index (χ3v) is 6.78. The van der Waals surface area contributed by atoms with Crippen LogP contribution in [-0.4, -0.2) is 22.8 Å². The predicted molar refractivity (Wildman–Crippen MR) is 133 cm³/mol. The highest BCUT2D eigenvalue weighted by Gasteiger charge is 2.35. The van der Waals surface area contributed by atoms with Crippen LogP contribution in [0.15, 0.2) is 11.6 Å². The number of allylic oxidation sites excluding steroid dienone is 1. The normalized spacial score (nSPS) is 15.8. The zero-order valence-corrected chi connectivity index (χ0v) is 21.1. The summed E-state index contributed by atoms with van der Waals surface area (Å²) in [6.07, 6.45) is 26.0. The van der Waals surface area contributed by atoms with Gasteiger partial charge in [0.15, 0.2) is 0 Å². The van der Waals surface area contributed by atoms with Crippen molar-refractivity contribution in [3.8, 4) is 0 Å². The van der Waals surface area contributed by atoms with Gasteiger partial charge in [-0.05, 0) is 26.2 Å². The lowest BCUT2D eigenvalue weighted by molar-refractivity contribution is -0.140. The van der Waals surface area contributed by atoms with Crippen molar-refractivity contribution in [3.05, 3.63) is 11.6 Å². The van der Waals surface area contributed by atoms with E-state index in [9.17, 15) is 9.59 Å². The maximum absolute atomic E-state index is 12.4. The van der Waals surface area contributed by atoms with Gasteiger partial charge in [0.2, 0.25) is 11.8 Å². The summed E-state index contributed by atoms with van der Waals surface area (Å²) in [5, 5.41) is 0. The fraction of sp³-hybridized carbons (Fsp3) is 0.857. The maximum Gasteiger partial charge on any atom is 0.230 e. The number of carbonyl (C=O) groups excluding carboxylic acids is 2. The van der Waals surface area contributed by atoms with Crippen molar-refractivity contribution < 1.29 is 9.59 Å². The second kappa shape index (κ2) is 18.5. The lowest BCUT2D eigenvalue weighted by Crippen LogP contribution is -2.40. The molecule has 1 aliphatic heterocycles. The first-order valence-corrected chi connectivity index (χ1v) is 13.6. The summed E-state index contributed by atoms with van der Waals surface area (Å²) < 4.78 is 0. The number of hydrogen-bond donors (Lipinski definition) is 0. The highest BCUT2D eigenvalue weighted by atomic mass is 16.2. The van der Waals surface area contributed by atoms with E-state index in [1.165, 1.54) is 102 Å². The van der Waals surface area contributed by atoms with E-state index < -0.39 is 0 Å². The average molecular weight is 434 g/mol. The van der Waals surface area contributed by atoms with Crippen LogP contribution in [0, 0.1) is 0 Å². The van der Waals surface area contributed by atoms with Gasteiger partial charge in [-0.3, -0.25) is 14.5 Å². The predicted octanol–water partition coefficient (Wildman–Crippen LogP) is 8.51. The highest BCUT2D eigenvalue weighted by Crippen LogP contribution is 2.25. The van der Waals surface area contributed by atoms with Crippen molar-refractivity contribution in [2.45, 2.75) is 155 Å². The van der Waals surface area contributed by atoms with Gasteiger partial charge >= 0.3 is 0 Å². The van der Waals surface area contributed by atoms with Crippen molar-refractivity contribution in [1.82, 2.24) is 4.90 Å². The van der Waals surface area contributed by atoms with Crippen LogP contribution in [0.2, 0.25) is 0 Å². The van der Waals surface area contributed by atoms with Crippen LogP contribution in [0.4, 0.5) is 0 Å². The first kappa shape index (κ1) is 27.9. The zero-order valence-electron chi connectivity index (χ0n) is 21.1. The van der Waals surface area contributed by atoms with Gasteiger partial charge in [0.05, 0.1) is 6.04 Å². The van der Waals surface area contributed by atoms with Crippen LogP contribution in [0.25, 0.3) is 0 Å². The van der Waals surface area contributed by atoms with Gasteiger partial charge in [-0.1, -0.05) is 122 Å². The molecule has 1 fully saturated rings. The van der Waals surface area contributed by atoms with Crippen molar-refractivity contribution in [1.29, 1.82) is 0 Å². The molecule has 3 nitrogen and oxygen atoms in total. The molecule has 3 heteroatoms. The second-order valence-electron chi connectivity index (χ2n) is 9.65. The number of likely N-dealkylation sites (tertiary alicyclic amines) is 1. The van der Waals surface area contributed by atoms with E-state index in [0.29, 0.717) is 12.8 Å². The number of nitrogens with zero attached hydrogens (tertiary/aromatic N) is 1. The molecular formula is C28H51NO2. The first-order valence-electron chi connectivity index (χ1n) is 13.6. The summed E-state index contributed by atoms with van der Waals surface area (Å²) in [5.41, 5.74) is 1.23. The Morgan fingerprint density at radius 1 is 0.710 bits per heavy atom. The van der Waals surface area contributed by atoms with Crippen LogP contribution < -0.4 is 0 Å². The van der Waals surface area contributed by atoms with Gasteiger partial charge in [-0.25, -0.2) is 0 Å². The number of unbranched alkanes of at least 4 members (excludes halogenated alkanes) is 15. The van der Waals surface area contributed by atoms with Crippen LogP contribution in [0.5, 0.6) is 0 Å². The van der Waals surface area contributed by atoms with Crippen molar-refractivity contribution >= 4 is 11.8 Å². The second-order valence-corrected chi connectivity index (χ2v) is 9.65. The van der Waals surface area contributed by atoms with Crippen molar-refractivity contribution in [2.24, 2.45) is 0 Å². The first-order chi connectivity index (χ1) is 15.1. The summed E-state index contributed by atoms with van der Waals surface area (Å²) in [6.45, 7) is 6.65. The molecule has 31 heavy (non-hydrogen) atoms. The SMILES string of the molecule is CCCCCCCC/C=C(\C)C(CCCCCCCCCCCC)N1C(=O)CCC1=O. The third kappa shape index (κ3) is 12.5. The van der Waals surface area contributed by atoms with Crippen LogP contribution in [0.3, 0.4) is 0 Å². The quantitative estimate of drug-likeness (QED) is 0.110. The molecule has 0 aromatic rings. The minimum absolute atomic E-state index is 0.00312. The molecular weight excluding hydrogens is 382 g/mol. The molecule has 1 atom stereocenters. The molecule has 0 saturated carbocycles. The lowest BCUT2D eigenvalue weighted by Gasteiger charge is -2.27. The minimum atomic E-state index is -0.00312. The number of imide groups is 1. The van der Waals surface area contributed by atoms with E-state index in [4.69, 9.17) is 0 Å². The summed E-state index contributed by atoms with van der Waals surface area (Å²) >= 11 is 0. The molecule has 1 unspecified atom stereocenters. The molecule has 0 N–H and O–H groups in total. The molecule has 1 aliphatic rings. The van der Waals surface area contributed by atoms with Gasteiger partial charge in [0.1, 0.15) is 0 Å². The molecule has 1 saturated heterocycles. The van der Waals surface area contributed by atoms with Gasteiger partial charge in [-0.15, -0.1) is 0 Å². The van der Waals surface area contributed by atoms with E-state index >= 15 is 0 Å². The Bertz CT molecular complexity index is 495. The van der Waals surface area contributed by atoms with E-state index in [1.807, 2.05) is 0 Å². The van der Waals surface area contributed by atoms with E-state index in [0.717, 1.165) is 19.3 Å². The molecule has 0 radical (unpaired) electrons. The monoisotopic (exact) mass is 433 g/mol. The molecule has 1 heterocycles. The standard InChI is InChI=1S/C28H51NO2/c1-4-6-8-10-12-13-14-16-18-20-22-26(29-27(30)23-24-28(29)31)25(3)21-19-17-15-11-9-7-5-2/h21,26H,4-20,22-24H2,1-3H3/b25-21+. The van der Waals surface area contributed by atoms with Crippen LogP contribution in [-0.2, 0) is 9.59 Å². The Morgan fingerprint density at radius 2 is 1.13 bits per heavy atom.